The van der Waals surface area contributed by atoms with Crippen LogP contribution in [0.1, 0.15) is 32.1 Å². The molecule has 4 heteroatoms. The highest BCUT2D eigenvalue weighted by atomic mass is 15.1. The second-order valence-corrected chi connectivity index (χ2v) is 6.97. The zero-order valence-electron chi connectivity index (χ0n) is 14.2. The average Bonchev–Trinajstić information content (AvgIpc) is 3.24. The third-order valence-electron chi connectivity index (χ3n) is 5.32. The molecule has 0 aliphatic heterocycles. The molecule has 3 aromatic heterocycles. The van der Waals surface area contributed by atoms with Gasteiger partial charge in [-0.05, 0) is 31.0 Å². The summed E-state index contributed by atoms with van der Waals surface area (Å²) in [4.78, 5) is 8.34. The summed E-state index contributed by atoms with van der Waals surface area (Å²) in [6.45, 7) is 0. The fraction of sp³-hybridized carbons (Fsp3) is 0.286. The number of pyridine rings is 1. The van der Waals surface area contributed by atoms with E-state index < -0.39 is 0 Å². The summed E-state index contributed by atoms with van der Waals surface area (Å²) in [6.07, 6.45) is 10.7. The van der Waals surface area contributed by atoms with E-state index in [9.17, 15) is 0 Å². The lowest BCUT2D eigenvalue weighted by Gasteiger charge is -2.24. The summed E-state index contributed by atoms with van der Waals surface area (Å²) >= 11 is 0. The minimum atomic E-state index is 0.540. The Morgan fingerprint density at radius 1 is 1.00 bits per heavy atom. The molecule has 0 amide bonds. The molecule has 4 nitrogen and oxygen atoms in total. The van der Waals surface area contributed by atoms with E-state index in [-0.39, 0.29) is 0 Å². The number of fused-ring (bicyclic) bond motifs is 2. The number of aromatic nitrogens is 3. The van der Waals surface area contributed by atoms with Crippen LogP contribution in [-0.2, 0) is 0 Å². The summed E-state index contributed by atoms with van der Waals surface area (Å²) in [5.41, 5.74) is 4.34. The first-order chi connectivity index (χ1) is 12.4. The van der Waals surface area contributed by atoms with Crippen molar-refractivity contribution in [1.82, 2.24) is 14.4 Å². The molecule has 1 aliphatic rings. The summed E-state index contributed by atoms with van der Waals surface area (Å²) in [5.74, 6) is 1.12. The number of para-hydroxylation sites is 1. The van der Waals surface area contributed by atoms with Gasteiger partial charge in [-0.1, -0.05) is 43.5 Å². The SMILES string of the molecule is c1ccc2c(-c3nc4ccccn4c3NC3CCCCC3)c[nH]c2c1. The van der Waals surface area contributed by atoms with Crippen molar-refractivity contribution in [3.63, 3.8) is 0 Å². The molecule has 0 bridgehead atoms. The van der Waals surface area contributed by atoms with Crippen LogP contribution in [0.5, 0.6) is 0 Å². The monoisotopic (exact) mass is 330 g/mol. The Hall–Kier alpha value is -2.75. The van der Waals surface area contributed by atoms with Crippen molar-refractivity contribution in [2.75, 3.05) is 5.32 Å². The Morgan fingerprint density at radius 3 is 2.76 bits per heavy atom. The molecule has 1 saturated carbocycles. The van der Waals surface area contributed by atoms with Crippen LogP contribution < -0.4 is 5.32 Å². The van der Waals surface area contributed by atoms with Crippen molar-refractivity contribution < 1.29 is 0 Å². The van der Waals surface area contributed by atoms with Gasteiger partial charge >= 0.3 is 0 Å². The van der Waals surface area contributed by atoms with Gasteiger partial charge < -0.3 is 10.3 Å². The fourth-order valence-electron chi connectivity index (χ4n) is 4.03. The third kappa shape index (κ3) is 2.49. The van der Waals surface area contributed by atoms with E-state index in [4.69, 9.17) is 4.98 Å². The predicted octanol–water partition coefficient (Wildman–Crippen LogP) is 5.23. The van der Waals surface area contributed by atoms with Crippen molar-refractivity contribution in [2.45, 2.75) is 38.1 Å². The summed E-state index contributed by atoms with van der Waals surface area (Å²) < 4.78 is 2.19. The van der Waals surface area contributed by atoms with E-state index in [0.29, 0.717) is 6.04 Å². The second kappa shape index (κ2) is 5.96. The van der Waals surface area contributed by atoms with E-state index in [0.717, 1.165) is 28.2 Å². The van der Waals surface area contributed by atoms with Crippen LogP contribution in [0, 0.1) is 0 Å². The van der Waals surface area contributed by atoms with Crippen LogP contribution in [0.3, 0.4) is 0 Å². The largest absolute Gasteiger partial charge is 0.367 e. The van der Waals surface area contributed by atoms with Gasteiger partial charge in [-0.2, -0.15) is 0 Å². The Labute approximate surface area is 146 Å². The van der Waals surface area contributed by atoms with Crippen LogP contribution in [0.25, 0.3) is 27.8 Å². The molecule has 0 spiro atoms. The Kier molecular flexibility index (Phi) is 3.47. The van der Waals surface area contributed by atoms with Crippen molar-refractivity contribution >= 4 is 22.4 Å². The maximum Gasteiger partial charge on any atom is 0.139 e. The maximum absolute atomic E-state index is 4.95. The number of anilines is 1. The van der Waals surface area contributed by atoms with Gasteiger partial charge in [-0.15, -0.1) is 0 Å². The number of H-pyrrole nitrogens is 1. The first kappa shape index (κ1) is 14.6. The highest BCUT2D eigenvalue weighted by molar-refractivity contribution is 5.97. The molecular formula is C21H22N4. The fourth-order valence-corrected chi connectivity index (χ4v) is 4.03. The van der Waals surface area contributed by atoms with E-state index in [1.54, 1.807) is 0 Å². The third-order valence-corrected chi connectivity index (χ3v) is 5.32. The Bertz CT molecular complexity index is 1020. The number of nitrogens with zero attached hydrogens (tertiary/aromatic N) is 2. The van der Waals surface area contributed by atoms with E-state index in [1.807, 2.05) is 6.07 Å². The second-order valence-electron chi connectivity index (χ2n) is 6.97. The predicted molar refractivity (Wildman–Crippen MR) is 103 cm³/mol. The highest BCUT2D eigenvalue weighted by Crippen LogP contribution is 2.35. The topological polar surface area (TPSA) is 45.1 Å². The zero-order chi connectivity index (χ0) is 16.6. The maximum atomic E-state index is 4.95. The van der Waals surface area contributed by atoms with Gasteiger partial charge in [0.1, 0.15) is 17.2 Å². The van der Waals surface area contributed by atoms with Gasteiger partial charge in [0.05, 0.1) is 0 Å². The summed E-state index contributed by atoms with van der Waals surface area (Å²) in [7, 11) is 0. The molecular weight excluding hydrogens is 308 g/mol. The molecule has 0 unspecified atom stereocenters. The van der Waals surface area contributed by atoms with Gasteiger partial charge in [0.25, 0.3) is 0 Å². The van der Waals surface area contributed by atoms with E-state index in [2.05, 4.69) is 63.5 Å². The molecule has 1 aliphatic carbocycles. The normalized spacial score (nSPS) is 15.8. The van der Waals surface area contributed by atoms with E-state index >= 15 is 0 Å². The minimum absolute atomic E-state index is 0.540. The molecule has 5 rings (SSSR count). The summed E-state index contributed by atoms with van der Waals surface area (Å²) in [5, 5.41) is 5.03. The Balaban J connectivity index is 1.67. The molecule has 3 heterocycles. The number of aromatic amines is 1. The van der Waals surface area contributed by atoms with Crippen LogP contribution in [0.4, 0.5) is 5.82 Å². The number of hydrogen-bond acceptors (Lipinski definition) is 2. The number of rotatable bonds is 3. The van der Waals surface area contributed by atoms with E-state index in [1.165, 1.54) is 37.5 Å². The molecule has 0 radical (unpaired) electrons. The van der Waals surface area contributed by atoms with Crippen LogP contribution in [0.2, 0.25) is 0 Å². The zero-order valence-corrected chi connectivity index (χ0v) is 14.2. The first-order valence-electron chi connectivity index (χ1n) is 9.20. The number of hydrogen-bond donors (Lipinski definition) is 2. The molecule has 1 aromatic carbocycles. The average molecular weight is 330 g/mol. The van der Waals surface area contributed by atoms with Crippen molar-refractivity contribution in [3.8, 4) is 11.3 Å². The van der Waals surface area contributed by atoms with Crippen molar-refractivity contribution in [3.05, 3.63) is 54.9 Å². The number of nitrogens with one attached hydrogen (secondary N) is 2. The first-order valence-corrected chi connectivity index (χ1v) is 9.20. The van der Waals surface area contributed by atoms with Crippen molar-refractivity contribution in [1.29, 1.82) is 0 Å². The Morgan fingerprint density at radius 2 is 1.84 bits per heavy atom. The molecule has 25 heavy (non-hydrogen) atoms. The van der Waals surface area contributed by atoms with Gasteiger partial charge in [0.15, 0.2) is 0 Å². The lowest BCUT2D eigenvalue weighted by Crippen LogP contribution is -2.23. The molecule has 0 saturated heterocycles. The quantitative estimate of drug-likeness (QED) is 0.540. The van der Waals surface area contributed by atoms with Crippen LogP contribution in [-0.4, -0.2) is 20.4 Å². The molecule has 2 N–H and O–H groups in total. The van der Waals surface area contributed by atoms with Gasteiger partial charge in [0.2, 0.25) is 0 Å². The molecule has 126 valence electrons. The van der Waals surface area contributed by atoms with Gasteiger partial charge in [-0.25, -0.2) is 4.98 Å². The molecule has 1 fully saturated rings. The summed E-state index contributed by atoms with van der Waals surface area (Å²) in [6, 6.07) is 15.2. The lowest BCUT2D eigenvalue weighted by atomic mass is 9.95. The number of imidazole rings is 1. The molecule has 4 aromatic rings. The lowest BCUT2D eigenvalue weighted by molar-refractivity contribution is 0.462. The smallest absolute Gasteiger partial charge is 0.139 e. The van der Waals surface area contributed by atoms with Crippen molar-refractivity contribution in [2.24, 2.45) is 0 Å². The highest BCUT2D eigenvalue weighted by Gasteiger charge is 2.21. The number of benzene rings is 1. The van der Waals surface area contributed by atoms with Gasteiger partial charge in [0, 0.05) is 34.9 Å². The van der Waals surface area contributed by atoms with Crippen LogP contribution in [0.15, 0.2) is 54.9 Å². The molecule has 0 atom stereocenters. The van der Waals surface area contributed by atoms with Gasteiger partial charge in [-0.3, -0.25) is 4.40 Å². The standard InChI is InChI=1S/C21H22N4/c1-2-8-15(9-3-1)23-21-20(24-19-12-6-7-13-25(19)21)17-14-22-18-11-5-4-10-16(17)18/h4-7,10-15,22-23H,1-3,8-9H2. The van der Waals surface area contributed by atoms with Crippen LogP contribution >= 0.6 is 0 Å². The minimum Gasteiger partial charge on any atom is -0.367 e.